The Balaban J connectivity index is 0.844. The van der Waals surface area contributed by atoms with Gasteiger partial charge in [0.1, 0.15) is 0 Å². The van der Waals surface area contributed by atoms with Gasteiger partial charge in [-0.05, 0) is 185 Å². The molecule has 0 radical (unpaired) electrons. The molecule has 4 heterocycles. The van der Waals surface area contributed by atoms with Crippen molar-refractivity contribution < 1.29 is 9.47 Å². The summed E-state index contributed by atoms with van der Waals surface area (Å²) in [6.45, 7) is 9.98. The van der Waals surface area contributed by atoms with Gasteiger partial charge in [-0.2, -0.15) is 0 Å². The van der Waals surface area contributed by atoms with Gasteiger partial charge >= 0.3 is 0 Å². The van der Waals surface area contributed by atoms with Crippen molar-refractivity contribution in [2.45, 2.75) is 203 Å². The van der Waals surface area contributed by atoms with Gasteiger partial charge in [-0.25, -0.2) is 0 Å². The number of benzene rings is 1. The minimum absolute atomic E-state index is 0.472. The Morgan fingerprint density at radius 3 is 1.35 bits per heavy atom. The second-order valence-electron chi connectivity index (χ2n) is 21.1. The van der Waals surface area contributed by atoms with Gasteiger partial charge < -0.3 is 9.47 Å². The monoisotopic (exact) mass is 714 g/mol. The van der Waals surface area contributed by atoms with Crippen molar-refractivity contribution in [3.05, 3.63) is 34.3 Å². The van der Waals surface area contributed by atoms with Gasteiger partial charge in [0.2, 0.25) is 0 Å². The molecule has 0 N–H and O–H groups in total. The van der Waals surface area contributed by atoms with Crippen LogP contribution >= 0.6 is 11.6 Å². The summed E-state index contributed by atoms with van der Waals surface area (Å²) in [4.78, 5) is 6.27. The first kappa shape index (κ1) is 33.7. The highest BCUT2D eigenvalue weighted by atomic mass is 35.5. The molecule has 6 saturated carbocycles. The molecule has 1 aromatic rings. The molecule has 20 atom stereocenters. The number of hydrogen-bond donors (Lipinski definition) is 0. The molecule has 0 bridgehead atoms. The van der Waals surface area contributed by atoms with E-state index in [1.807, 2.05) is 0 Å². The maximum Gasteiger partial charge on any atom is 0.0740 e. The third-order valence-electron chi connectivity index (χ3n) is 17.9. The van der Waals surface area contributed by atoms with Crippen LogP contribution in [0.4, 0.5) is 0 Å². The van der Waals surface area contributed by atoms with Crippen molar-refractivity contribution in [2.75, 3.05) is 0 Å². The Hall–Kier alpha value is -0.650. The highest BCUT2D eigenvalue weighted by molar-refractivity contribution is 6.30. The summed E-state index contributed by atoms with van der Waals surface area (Å²) in [6.07, 6.45) is 23.5. The highest BCUT2D eigenvalue weighted by Crippen LogP contribution is 2.60. The second-order valence-corrected chi connectivity index (χ2v) is 21.5. The van der Waals surface area contributed by atoms with Crippen LogP contribution in [-0.4, -0.2) is 70.5 Å². The molecule has 20 unspecified atom stereocenters. The first-order valence-corrected chi connectivity index (χ1v) is 22.8. The van der Waals surface area contributed by atoms with Crippen molar-refractivity contribution in [3.8, 4) is 0 Å². The fraction of sp³-hybridized carbons (Fsp3) is 0.870. The zero-order valence-corrected chi connectivity index (χ0v) is 32.9. The molecule has 6 aliphatic carbocycles. The van der Waals surface area contributed by atoms with E-state index in [0.717, 1.165) is 64.4 Å². The van der Waals surface area contributed by atoms with Crippen molar-refractivity contribution >= 4 is 11.6 Å². The van der Waals surface area contributed by atoms with Crippen LogP contribution in [0.1, 0.15) is 153 Å². The van der Waals surface area contributed by atoms with Crippen molar-refractivity contribution in [1.29, 1.82) is 0 Å². The van der Waals surface area contributed by atoms with Gasteiger partial charge in [-0.1, -0.05) is 45.4 Å². The fourth-order valence-electron chi connectivity index (χ4n) is 16.2. The SMILES string of the molecule is CC1CCC2C(C1)OC1CC(C)CC3C4CC(c5cc(Cl)cc(C6CCC7C(C6)C6CC(C)CC8OC9CC(C)CCC9N7C86)c5)CCC4N2C13. The third-order valence-corrected chi connectivity index (χ3v) is 18.1. The Morgan fingerprint density at radius 1 is 0.451 bits per heavy atom. The summed E-state index contributed by atoms with van der Waals surface area (Å²) in [5, 5.41) is 0.997. The average Bonchev–Trinajstić information content (AvgIpc) is 3.61. The highest BCUT2D eigenvalue weighted by Gasteiger charge is 2.63. The van der Waals surface area contributed by atoms with E-state index in [4.69, 9.17) is 21.1 Å². The van der Waals surface area contributed by atoms with E-state index < -0.39 is 0 Å². The van der Waals surface area contributed by atoms with E-state index in [9.17, 15) is 0 Å². The van der Waals surface area contributed by atoms with E-state index >= 15 is 0 Å². The summed E-state index contributed by atoms with van der Waals surface area (Å²) in [5.74, 6) is 7.82. The minimum atomic E-state index is 0.472. The standard InChI is InChI=1S/C46H67ClN2O2/c1-24-5-9-39-41(15-24)50-43-17-26(3)13-35-33-22-28(7-11-37(33)48(39)45(35)43)30-19-31(21-32(47)20-30)29-8-12-38-34(23-29)36-14-27(4)18-44-46(36)49(38)40-10-6-25(2)16-42(40)51-44/h19-21,24-29,33-46H,5-18,22-23H2,1-4H3. The van der Waals surface area contributed by atoms with Gasteiger partial charge in [-0.15, -0.1) is 0 Å². The minimum Gasteiger partial charge on any atom is -0.372 e. The zero-order chi connectivity index (χ0) is 34.3. The van der Waals surface area contributed by atoms with Crippen LogP contribution in [0.5, 0.6) is 0 Å². The van der Waals surface area contributed by atoms with Crippen molar-refractivity contribution in [1.82, 2.24) is 9.80 Å². The lowest BCUT2D eigenvalue weighted by atomic mass is 9.65. The Kier molecular flexibility index (Phi) is 8.38. The summed E-state index contributed by atoms with van der Waals surface area (Å²) < 4.78 is 14.2. The van der Waals surface area contributed by atoms with Crippen LogP contribution in [-0.2, 0) is 9.47 Å². The lowest BCUT2D eigenvalue weighted by molar-refractivity contribution is -0.187. The van der Waals surface area contributed by atoms with Gasteiger partial charge in [0.15, 0.2) is 0 Å². The fourth-order valence-corrected chi connectivity index (χ4v) is 16.4. The van der Waals surface area contributed by atoms with Crippen LogP contribution in [0, 0.1) is 47.3 Å². The van der Waals surface area contributed by atoms with Gasteiger partial charge in [0.25, 0.3) is 0 Å². The van der Waals surface area contributed by atoms with E-state index in [-0.39, 0.29) is 0 Å². The molecule has 10 fully saturated rings. The van der Waals surface area contributed by atoms with Crippen LogP contribution in [0.3, 0.4) is 0 Å². The van der Waals surface area contributed by atoms with Crippen LogP contribution in [0.25, 0.3) is 0 Å². The van der Waals surface area contributed by atoms with Crippen molar-refractivity contribution in [3.63, 3.8) is 0 Å². The molecule has 11 rings (SSSR count). The number of nitrogens with zero attached hydrogens (tertiary/aromatic N) is 2. The number of ether oxygens (including phenoxy) is 2. The molecule has 1 aromatic carbocycles. The quantitative estimate of drug-likeness (QED) is 0.305. The topological polar surface area (TPSA) is 24.9 Å². The average molecular weight is 716 g/mol. The Morgan fingerprint density at radius 2 is 0.882 bits per heavy atom. The van der Waals surface area contributed by atoms with Crippen LogP contribution < -0.4 is 0 Å². The predicted octanol–water partition coefficient (Wildman–Crippen LogP) is 10.2. The number of morpholine rings is 2. The predicted molar refractivity (Wildman–Crippen MR) is 205 cm³/mol. The van der Waals surface area contributed by atoms with Gasteiger partial charge in [-0.3, -0.25) is 9.80 Å². The first-order valence-electron chi connectivity index (χ1n) is 22.4. The smallest absolute Gasteiger partial charge is 0.0740 e. The maximum atomic E-state index is 7.14. The normalized spacial score (nSPS) is 54.8. The van der Waals surface area contributed by atoms with E-state index in [2.05, 4.69) is 55.7 Å². The molecular weight excluding hydrogens is 648 g/mol. The van der Waals surface area contributed by atoms with Crippen molar-refractivity contribution in [2.24, 2.45) is 47.3 Å². The second kappa shape index (κ2) is 12.7. The molecule has 4 nitrogen and oxygen atoms in total. The molecule has 0 spiro atoms. The van der Waals surface area contributed by atoms with Crippen LogP contribution in [0.15, 0.2) is 18.2 Å². The van der Waals surface area contributed by atoms with E-state index in [1.54, 1.807) is 11.1 Å². The van der Waals surface area contributed by atoms with Gasteiger partial charge in [0, 0.05) is 41.3 Å². The lowest BCUT2D eigenvalue weighted by Gasteiger charge is -2.55. The summed E-state index contributed by atoms with van der Waals surface area (Å²) in [5.41, 5.74) is 3.15. The number of hydrogen-bond acceptors (Lipinski definition) is 4. The van der Waals surface area contributed by atoms with E-state index in [0.29, 0.717) is 60.4 Å². The number of rotatable bonds is 2. The molecular formula is C46H67ClN2O2. The zero-order valence-electron chi connectivity index (χ0n) is 32.2. The Labute approximate surface area is 314 Å². The summed E-state index contributed by atoms with van der Waals surface area (Å²) >= 11 is 7.14. The maximum absolute atomic E-state index is 7.14. The number of halogens is 1. The molecule has 0 amide bonds. The Bertz CT molecular complexity index is 1380. The number of fused-ring (bicyclic) bond motifs is 10. The van der Waals surface area contributed by atoms with E-state index in [1.165, 1.54) is 103 Å². The van der Waals surface area contributed by atoms with Crippen LogP contribution in [0.2, 0.25) is 5.02 Å². The molecule has 0 aromatic heterocycles. The lowest BCUT2D eigenvalue weighted by Crippen LogP contribution is -2.64. The molecule has 5 heteroatoms. The summed E-state index contributed by atoms with van der Waals surface area (Å²) in [7, 11) is 0. The third kappa shape index (κ3) is 5.38. The largest absolute Gasteiger partial charge is 0.372 e. The molecule has 280 valence electrons. The first-order chi connectivity index (χ1) is 24.8. The molecule has 4 saturated heterocycles. The summed E-state index contributed by atoms with van der Waals surface area (Å²) in [6, 6.07) is 11.7. The van der Waals surface area contributed by atoms with Gasteiger partial charge in [0.05, 0.1) is 24.4 Å². The molecule has 51 heavy (non-hydrogen) atoms. The molecule has 4 aliphatic heterocycles. The molecule has 10 aliphatic rings.